The monoisotopic (exact) mass is 507 g/mol. The average molecular weight is 509 g/mol. The molecule has 0 radical (unpaired) electrons. The third-order valence-corrected chi connectivity index (χ3v) is 5.00. The summed E-state index contributed by atoms with van der Waals surface area (Å²) in [5, 5.41) is 19.1. The molecule has 1 unspecified atom stereocenters. The van der Waals surface area contributed by atoms with Crippen molar-refractivity contribution in [3.05, 3.63) is 68.5 Å². The average Bonchev–Trinajstić information content (AvgIpc) is 3.16. The van der Waals surface area contributed by atoms with E-state index >= 15 is 0 Å². The minimum Gasteiger partial charge on any atom is -0.374 e. The Morgan fingerprint density at radius 3 is 2.56 bits per heavy atom. The van der Waals surface area contributed by atoms with Crippen molar-refractivity contribution in [3.8, 4) is 5.82 Å². The maximum atomic E-state index is 13.3. The van der Waals surface area contributed by atoms with Crippen LogP contribution in [0.15, 0.2) is 36.5 Å². The molecule has 1 amide bonds. The number of aliphatic hydroxyl groups excluding tert-OH is 1. The van der Waals surface area contributed by atoms with E-state index in [1.807, 2.05) is 0 Å². The summed E-state index contributed by atoms with van der Waals surface area (Å²) in [7, 11) is 0. The first-order valence-corrected chi connectivity index (χ1v) is 10.2. The second-order valence-electron chi connectivity index (χ2n) is 6.40. The molecule has 0 aliphatic carbocycles. The molecule has 0 bridgehead atoms. The van der Waals surface area contributed by atoms with Crippen LogP contribution in [0.1, 0.15) is 34.9 Å². The van der Waals surface area contributed by atoms with Gasteiger partial charge in [0.15, 0.2) is 11.5 Å². The zero-order valence-electron chi connectivity index (χ0n) is 16.2. The maximum Gasteiger partial charge on any atom is 0.435 e. The first-order valence-electron chi connectivity index (χ1n) is 9.02. The molecule has 1 atom stereocenters. The van der Waals surface area contributed by atoms with Gasteiger partial charge < -0.3 is 10.4 Å². The van der Waals surface area contributed by atoms with E-state index in [9.17, 15) is 23.1 Å². The number of hydrogen-bond acceptors (Lipinski definition) is 5. The van der Waals surface area contributed by atoms with E-state index in [2.05, 4.69) is 20.7 Å². The number of hydrogen-bond donors (Lipinski definition) is 3. The Kier molecular flexibility index (Phi) is 7.31. The van der Waals surface area contributed by atoms with Crippen LogP contribution < -0.4 is 10.6 Å². The number of pyridine rings is 1. The van der Waals surface area contributed by atoms with Crippen LogP contribution in [-0.4, -0.2) is 32.3 Å². The van der Waals surface area contributed by atoms with Crippen LogP contribution in [0.25, 0.3) is 5.82 Å². The van der Waals surface area contributed by atoms with Crippen molar-refractivity contribution < 1.29 is 23.1 Å². The first-order chi connectivity index (χ1) is 15.0. The van der Waals surface area contributed by atoms with Crippen LogP contribution in [0.5, 0.6) is 0 Å². The number of nitrogens with zero attached hydrogens (tertiary/aromatic N) is 3. The van der Waals surface area contributed by atoms with Crippen LogP contribution in [0.2, 0.25) is 15.1 Å². The molecule has 13 heteroatoms. The molecule has 3 N–H and O–H groups in total. The lowest BCUT2D eigenvalue weighted by Gasteiger charge is -2.19. The molecule has 170 valence electrons. The summed E-state index contributed by atoms with van der Waals surface area (Å²) in [4.78, 5) is 16.9. The van der Waals surface area contributed by atoms with Gasteiger partial charge in [0.25, 0.3) is 5.91 Å². The number of aromatic nitrogens is 3. The predicted octanol–water partition coefficient (Wildman–Crippen LogP) is 5.10. The van der Waals surface area contributed by atoms with Gasteiger partial charge >= 0.3 is 6.18 Å². The number of rotatable bonds is 6. The molecule has 3 aromatic rings. The Balaban J connectivity index is 2.10. The Morgan fingerprint density at radius 2 is 1.94 bits per heavy atom. The Morgan fingerprint density at radius 1 is 1.22 bits per heavy atom. The molecule has 7 nitrogen and oxygen atoms in total. The van der Waals surface area contributed by atoms with E-state index in [1.54, 1.807) is 6.92 Å². The lowest BCUT2D eigenvalue weighted by molar-refractivity contribution is -0.141. The van der Waals surface area contributed by atoms with Crippen molar-refractivity contribution in [3.63, 3.8) is 0 Å². The largest absolute Gasteiger partial charge is 0.435 e. The smallest absolute Gasteiger partial charge is 0.374 e. The normalized spacial score (nSPS) is 12.6. The van der Waals surface area contributed by atoms with E-state index in [4.69, 9.17) is 34.8 Å². The summed E-state index contributed by atoms with van der Waals surface area (Å²) >= 11 is 18.2. The van der Waals surface area contributed by atoms with Crippen LogP contribution in [-0.2, 0) is 6.18 Å². The Bertz CT molecular complexity index is 1150. The lowest BCUT2D eigenvalue weighted by atomic mass is 10.1. The molecular weight excluding hydrogens is 494 g/mol. The van der Waals surface area contributed by atoms with Crippen molar-refractivity contribution in [2.24, 2.45) is 0 Å². The van der Waals surface area contributed by atoms with Gasteiger partial charge in [-0.25, -0.2) is 9.67 Å². The van der Waals surface area contributed by atoms with Crippen LogP contribution >= 0.6 is 34.8 Å². The van der Waals surface area contributed by atoms with Gasteiger partial charge in [0.05, 0.1) is 15.7 Å². The van der Waals surface area contributed by atoms with Crippen molar-refractivity contribution in [1.29, 1.82) is 0 Å². The van der Waals surface area contributed by atoms with Crippen LogP contribution in [0.3, 0.4) is 0 Å². The van der Waals surface area contributed by atoms with Crippen molar-refractivity contribution in [1.82, 2.24) is 20.1 Å². The number of carbonyl (C=O) groups excluding carboxylic acids is 1. The molecule has 0 fully saturated rings. The van der Waals surface area contributed by atoms with Crippen LogP contribution in [0, 0.1) is 0 Å². The summed E-state index contributed by atoms with van der Waals surface area (Å²) in [6.45, 7) is 2.11. The molecule has 0 aliphatic rings. The van der Waals surface area contributed by atoms with E-state index in [-0.39, 0.29) is 32.1 Å². The molecular formula is C19H15Cl3F3N5O2. The second kappa shape index (κ2) is 9.63. The number of amides is 1. The fourth-order valence-electron chi connectivity index (χ4n) is 2.80. The highest BCUT2D eigenvalue weighted by Crippen LogP contribution is 2.35. The summed E-state index contributed by atoms with van der Waals surface area (Å²) in [5.41, 5.74) is -1.74. The van der Waals surface area contributed by atoms with Crippen molar-refractivity contribution in [2.75, 3.05) is 11.9 Å². The molecule has 2 aromatic heterocycles. The minimum absolute atomic E-state index is 0.0221. The summed E-state index contributed by atoms with van der Waals surface area (Å²) in [6.07, 6.45) is -4.79. The topological polar surface area (TPSA) is 92.1 Å². The summed E-state index contributed by atoms with van der Waals surface area (Å²) in [6, 6.07) is 6.10. The predicted molar refractivity (Wildman–Crippen MR) is 114 cm³/mol. The van der Waals surface area contributed by atoms with Gasteiger partial charge in [-0.05, 0) is 30.8 Å². The fourth-order valence-corrected chi connectivity index (χ4v) is 3.56. The van der Waals surface area contributed by atoms with E-state index < -0.39 is 29.7 Å². The van der Waals surface area contributed by atoms with Gasteiger partial charge in [0, 0.05) is 22.8 Å². The van der Waals surface area contributed by atoms with Crippen LogP contribution in [0.4, 0.5) is 18.9 Å². The quantitative estimate of drug-likeness (QED) is 0.403. The third kappa shape index (κ3) is 5.16. The zero-order valence-corrected chi connectivity index (χ0v) is 18.5. The number of aliphatic hydroxyl groups is 1. The molecule has 0 spiro atoms. The highest BCUT2D eigenvalue weighted by atomic mass is 35.5. The van der Waals surface area contributed by atoms with Crippen molar-refractivity contribution in [2.45, 2.75) is 19.3 Å². The molecule has 3 rings (SSSR count). The van der Waals surface area contributed by atoms with Gasteiger partial charge in [0.1, 0.15) is 11.9 Å². The number of nitrogens with one attached hydrogen (secondary N) is 2. The number of anilines is 1. The van der Waals surface area contributed by atoms with E-state index in [0.717, 1.165) is 0 Å². The lowest BCUT2D eigenvalue weighted by Crippen LogP contribution is -2.24. The standard InChI is InChI=1S/C19H15Cl3F3N5O2/c1-2-26-17(31)10-6-9(20)7-12(22)15(10)28-18(32)13-8-14(19(23,24)25)29-30(13)16-11(21)4-3-5-27-16/h3-8,17,26,31H,2H2,1H3,(H,28,32). The molecule has 0 aliphatic heterocycles. The number of benzene rings is 1. The highest BCUT2D eigenvalue weighted by Gasteiger charge is 2.37. The van der Waals surface area contributed by atoms with Gasteiger partial charge in [-0.1, -0.05) is 41.7 Å². The van der Waals surface area contributed by atoms with Gasteiger partial charge in [0.2, 0.25) is 0 Å². The SMILES string of the molecule is CCNC(O)c1cc(Cl)cc(Cl)c1NC(=O)c1cc(C(F)(F)F)nn1-c1ncccc1Cl. The molecule has 1 aromatic carbocycles. The first kappa shape index (κ1) is 24.3. The number of halogens is 6. The van der Waals surface area contributed by atoms with E-state index in [1.165, 1.54) is 30.5 Å². The fraction of sp³-hybridized carbons (Fsp3) is 0.211. The minimum atomic E-state index is -4.83. The van der Waals surface area contributed by atoms with Gasteiger partial charge in [-0.15, -0.1) is 0 Å². The molecule has 0 saturated carbocycles. The maximum absolute atomic E-state index is 13.3. The second-order valence-corrected chi connectivity index (χ2v) is 7.65. The van der Waals surface area contributed by atoms with E-state index in [0.29, 0.717) is 17.3 Å². The molecule has 32 heavy (non-hydrogen) atoms. The van der Waals surface area contributed by atoms with Gasteiger partial charge in [-0.2, -0.15) is 18.3 Å². The van der Waals surface area contributed by atoms with Crippen molar-refractivity contribution >= 4 is 46.4 Å². The number of carbonyl (C=O) groups is 1. The third-order valence-electron chi connectivity index (χ3n) is 4.19. The highest BCUT2D eigenvalue weighted by molar-refractivity contribution is 6.37. The zero-order chi connectivity index (χ0) is 23.6. The number of alkyl halides is 3. The Labute approximate surface area is 195 Å². The van der Waals surface area contributed by atoms with Gasteiger partial charge in [-0.3, -0.25) is 10.1 Å². The molecule has 0 saturated heterocycles. The summed E-state index contributed by atoms with van der Waals surface area (Å²) in [5.74, 6) is -1.17. The Hall–Kier alpha value is -2.37. The summed E-state index contributed by atoms with van der Waals surface area (Å²) < 4.78 is 40.6. The molecule has 2 heterocycles.